The first kappa shape index (κ1) is 19.4. The van der Waals surface area contributed by atoms with Crippen LogP contribution in [0.2, 0.25) is 0 Å². The molecule has 0 fully saturated rings. The van der Waals surface area contributed by atoms with Crippen molar-refractivity contribution in [3.63, 3.8) is 0 Å². The minimum Gasteiger partial charge on any atom is -0.357 e. The summed E-state index contributed by atoms with van der Waals surface area (Å²) in [5.41, 5.74) is 2.16. The normalized spacial score (nSPS) is 12.3. The minimum atomic E-state index is -0.204. The molecular formula is C19H27FN4S. The van der Waals surface area contributed by atoms with Gasteiger partial charge in [-0.15, -0.1) is 11.3 Å². The van der Waals surface area contributed by atoms with E-state index in [9.17, 15) is 4.39 Å². The Bertz CT molecular complexity index is 686. The quantitative estimate of drug-likeness (QED) is 0.606. The zero-order valence-corrected chi connectivity index (χ0v) is 16.2. The number of benzene rings is 1. The van der Waals surface area contributed by atoms with E-state index in [1.165, 1.54) is 12.1 Å². The van der Waals surface area contributed by atoms with Gasteiger partial charge < -0.3 is 10.6 Å². The van der Waals surface area contributed by atoms with Gasteiger partial charge in [0.1, 0.15) is 5.82 Å². The van der Waals surface area contributed by atoms with Crippen molar-refractivity contribution in [1.29, 1.82) is 0 Å². The van der Waals surface area contributed by atoms with Crippen molar-refractivity contribution in [2.75, 3.05) is 13.1 Å². The van der Waals surface area contributed by atoms with Crippen LogP contribution in [-0.4, -0.2) is 24.0 Å². The maximum absolute atomic E-state index is 12.9. The first-order valence-corrected chi connectivity index (χ1v) is 9.48. The van der Waals surface area contributed by atoms with Crippen LogP contribution in [0.3, 0.4) is 0 Å². The Balaban J connectivity index is 1.89. The molecule has 0 atom stereocenters. The molecule has 0 aliphatic carbocycles. The second-order valence-electron chi connectivity index (χ2n) is 6.89. The summed E-state index contributed by atoms with van der Waals surface area (Å²) in [6.45, 7) is 10.6. The molecule has 0 saturated carbocycles. The molecule has 2 aromatic rings. The molecule has 0 unspecified atom stereocenters. The molecule has 0 bridgehead atoms. The summed E-state index contributed by atoms with van der Waals surface area (Å²) in [6.07, 6.45) is 0.815. The standard InChI is InChI=1S/C19H27FN4S/c1-5-21-18(22-11-10-14-6-8-15(20)9-7-14)23-12-16-13-25-17(24-16)19(2,3)4/h6-9,13H,5,10-12H2,1-4H3,(H2,21,22,23). The molecule has 2 rings (SSSR count). The molecule has 0 radical (unpaired) electrons. The third-order valence-electron chi connectivity index (χ3n) is 3.56. The topological polar surface area (TPSA) is 49.3 Å². The van der Waals surface area contributed by atoms with Crippen molar-refractivity contribution in [1.82, 2.24) is 15.6 Å². The van der Waals surface area contributed by atoms with E-state index in [-0.39, 0.29) is 11.2 Å². The van der Waals surface area contributed by atoms with Gasteiger partial charge in [0.25, 0.3) is 0 Å². The molecule has 0 amide bonds. The van der Waals surface area contributed by atoms with Crippen LogP contribution in [0.5, 0.6) is 0 Å². The molecule has 25 heavy (non-hydrogen) atoms. The highest BCUT2D eigenvalue weighted by atomic mass is 32.1. The van der Waals surface area contributed by atoms with E-state index in [0.29, 0.717) is 6.54 Å². The molecule has 1 aromatic carbocycles. The van der Waals surface area contributed by atoms with Gasteiger partial charge in [0.05, 0.1) is 17.2 Å². The largest absolute Gasteiger partial charge is 0.357 e. The highest BCUT2D eigenvalue weighted by Crippen LogP contribution is 2.25. The first-order valence-electron chi connectivity index (χ1n) is 8.60. The monoisotopic (exact) mass is 362 g/mol. The Morgan fingerprint density at radius 2 is 1.92 bits per heavy atom. The number of hydrogen-bond acceptors (Lipinski definition) is 3. The predicted molar refractivity (Wildman–Crippen MR) is 104 cm³/mol. The fraction of sp³-hybridized carbons (Fsp3) is 0.474. The van der Waals surface area contributed by atoms with E-state index >= 15 is 0 Å². The lowest BCUT2D eigenvalue weighted by atomic mass is 9.98. The van der Waals surface area contributed by atoms with Gasteiger partial charge in [-0.1, -0.05) is 32.9 Å². The maximum Gasteiger partial charge on any atom is 0.191 e. The van der Waals surface area contributed by atoms with Crippen molar-refractivity contribution in [3.05, 3.63) is 51.7 Å². The fourth-order valence-corrected chi connectivity index (χ4v) is 3.10. The highest BCUT2D eigenvalue weighted by Gasteiger charge is 2.17. The SMILES string of the molecule is CCNC(=NCc1csc(C(C)(C)C)n1)NCCc1ccc(F)cc1. The van der Waals surface area contributed by atoms with E-state index in [2.05, 4.69) is 46.8 Å². The fourth-order valence-electron chi connectivity index (χ4n) is 2.20. The van der Waals surface area contributed by atoms with E-state index in [1.807, 2.05) is 19.1 Å². The van der Waals surface area contributed by atoms with Crippen LogP contribution in [0.15, 0.2) is 34.6 Å². The molecule has 0 aliphatic rings. The van der Waals surface area contributed by atoms with Crippen LogP contribution in [0.1, 0.15) is 44.0 Å². The number of halogens is 1. The molecule has 6 heteroatoms. The van der Waals surface area contributed by atoms with Crippen molar-refractivity contribution in [3.8, 4) is 0 Å². The maximum atomic E-state index is 12.9. The van der Waals surface area contributed by atoms with Crippen LogP contribution >= 0.6 is 11.3 Å². The Labute approximate surface area is 153 Å². The van der Waals surface area contributed by atoms with Crippen LogP contribution in [0.4, 0.5) is 4.39 Å². The second-order valence-corrected chi connectivity index (χ2v) is 7.75. The number of nitrogens with one attached hydrogen (secondary N) is 2. The number of rotatable bonds is 6. The van der Waals surface area contributed by atoms with Gasteiger partial charge in [-0.2, -0.15) is 0 Å². The molecular weight excluding hydrogens is 335 g/mol. The number of guanidine groups is 1. The number of thiazole rings is 1. The Morgan fingerprint density at radius 3 is 2.52 bits per heavy atom. The van der Waals surface area contributed by atoms with Gasteiger partial charge in [0, 0.05) is 23.9 Å². The highest BCUT2D eigenvalue weighted by molar-refractivity contribution is 7.09. The van der Waals surface area contributed by atoms with Gasteiger partial charge in [-0.25, -0.2) is 14.4 Å². The first-order chi connectivity index (χ1) is 11.9. The van der Waals surface area contributed by atoms with Crippen LogP contribution in [0, 0.1) is 5.82 Å². The number of nitrogens with zero attached hydrogens (tertiary/aromatic N) is 2. The van der Waals surface area contributed by atoms with Gasteiger partial charge in [-0.3, -0.25) is 0 Å². The molecule has 4 nitrogen and oxygen atoms in total. The lowest BCUT2D eigenvalue weighted by Crippen LogP contribution is -2.38. The average molecular weight is 363 g/mol. The summed E-state index contributed by atoms with van der Waals surface area (Å²) in [6, 6.07) is 6.60. The zero-order valence-electron chi connectivity index (χ0n) is 15.4. The minimum absolute atomic E-state index is 0.0739. The Kier molecular flexibility index (Phi) is 6.93. The Morgan fingerprint density at radius 1 is 1.20 bits per heavy atom. The Hall–Kier alpha value is -1.95. The van der Waals surface area contributed by atoms with Gasteiger partial charge >= 0.3 is 0 Å². The summed E-state index contributed by atoms with van der Waals surface area (Å²) < 4.78 is 12.9. The molecule has 1 heterocycles. The molecule has 2 N–H and O–H groups in total. The van der Waals surface area contributed by atoms with E-state index in [0.717, 1.165) is 41.7 Å². The molecule has 136 valence electrons. The number of aliphatic imine (C=N–C) groups is 1. The second kappa shape index (κ2) is 8.94. The lowest BCUT2D eigenvalue weighted by molar-refractivity contribution is 0.583. The smallest absolute Gasteiger partial charge is 0.191 e. The summed E-state index contributed by atoms with van der Waals surface area (Å²) in [5, 5.41) is 9.76. The van der Waals surface area contributed by atoms with Gasteiger partial charge in [-0.05, 0) is 31.0 Å². The molecule has 0 saturated heterocycles. The third kappa shape index (κ3) is 6.46. The lowest BCUT2D eigenvalue weighted by Gasteiger charge is -2.13. The molecule has 0 aliphatic heterocycles. The van der Waals surface area contributed by atoms with Crippen molar-refractivity contribution in [2.45, 2.75) is 46.1 Å². The summed E-state index contributed by atoms with van der Waals surface area (Å²) in [5.74, 6) is 0.569. The van der Waals surface area contributed by atoms with Crippen molar-refractivity contribution >= 4 is 17.3 Å². The van der Waals surface area contributed by atoms with Crippen molar-refractivity contribution < 1.29 is 4.39 Å². The predicted octanol–water partition coefficient (Wildman–Crippen LogP) is 3.88. The van der Waals surface area contributed by atoms with E-state index in [4.69, 9.17) is 0 Å². The summed E-state index contributed by atoms with van der Waals surface area (Å²) in [7, 11) is 0. The molecule has 0 spiro atoms. The van der Waals surface area contributed by atoms with Crippen molar-refractivity contribution in [2.24, 2.45) is 4.99 Å². The third-order valence-corrected chi connectivity index (χ3v) is 4.87. The van der Waals surface area contributed by atoms with Gasteiger partial charge in [0.2, 0.25) is 0 Å². The van der Waals surface area contributed by atoms with Crippen LogP contribution < -0.4 is 10.6 Å². The average Bonchev–Trinajstić information content (AvgIpc) is 3.04. The summed E-state index contributed by atoms with van der Waals surface area (Å²) >= 11 is 1.69. The molecule has 1 aromatic heterocycles. The number of hydrogen-bond donors (Lipinski definition) is 2. The van der Waals surface area contributed by atoms with Gasteiger partial charge in [0.15, 0.2) is 5.96 Å². The zero-order chi connectivity index (χ0) is 18.3. The van der Waals surface area contributed by atoms with Crippen LogP contribution in [-0.2, 0) is 18.4 Å². The number of aromatic nitrogens is 1. The van der Waals surface area contributed by atoms with Crippen LogP contribution in [0.25, 0.3) is 0 Å². The van der Waals surface area contributed by atoms with E-state index in [1.54, 1.807) is 11.3 Å². The summed E-state index contributed by atoms with van der Waals surface area (Å²) in [4.78, 5) is 9.27. The van der Waals surface area contributed by atoms with E-state index < -0.39 is 0 Å².